The predicted octanol–water partition coefficient (Wildman–Crippen LogP) is 1.13. The lowest BCUT2D eigenvalue weighted by atomic mass is 10.1. The van der Waals surface area contributed by atoms with E-state index in [2.05, 4.69) is 6.58 Å². The molecule has 0 radical (unpaired) electrons. The van der Waals surface area contributed by atoms with E-state index in [-0.39, 0.29) is 12.0 Å². The lowest BCUT2D eigenvalue weighted by Gasteiger charge is -2.32. The molecule has 0 bridgehead atoms. The first-order chi connectivity index (χ1) is 6.79. The number of methoxy groups -OCH3 is 1. The molecule has 4 heteroatoms. The first-order valence-electron chi connectivity index (χ1n) is 4.88. The summed E-state index contributed by atoms with van der Waals surface area (Å²) in [4.78, 5) is 16.8. The van der Waals surface area contributed by atoms with Gasteiger partial charge in [0.05, 0.1) is 13.7 Å². The van der Waals surface area contributed by atoms with Crippen molar-refractivity contribution in [3.63, 3.8) is 0 Å². The predicted molar refractivity (Wildman–Crippen MR) is 52.5 cm³/mol. The molecule has 1 fully saturated rings. The molecule has 1 rings (SSSR count). The first kappa shape index (κ1) is 11.2. The van der Waals surface area contributed by atoms with E-state index in [1.54, 1.807) is 11.1 Å². The summed E-state index contributed by atoms with van der Waals surface area (Å²) in [5.74, 6) is -0.214. The molecule has 0 saturated carbocycles. The van der Waals surface area contributed by atoms with Gasteiger partial charge in [0.25, 0.3) is 0 Å². The van der Waals surface area contributed by atoms with Crippen LogP contribution in [-0.2, 0) is 14.4 Å². The van der Waals surface area contributed by atoms with Gasteiger partial charge in [-0.25, -0.2) is 0 Å². The summed E-state index contributed by atoms with van der Waals surface area (Å²) >= 11 is 0. The van der Waals surface area contributed by atoms with Gasteiger partial charge in [-0.05, 0) is 19.3 Å². The molecule has 0 spiro atoms. The van der Waals surface area contributed by atoms with Crippen LogP contribution in [0.4, 0.5) is 0 Å². The van der Waals surface area contributed by atoms with Gasteiger partial charge in [0.1, 0.15) is 6.04 Å². The second kappa shape index (κ2) is 5.78. The highest BCUT2D eigenvalue weighted by Gasteiger charge is 2.29. The van der Waals surface area contributed by atoms with Crippen LogP contribution in [0.3, 0.4) is 0 Å². The molecule has 0 aromatic heterocycles. The molecule has 0 aromatic rings. The monoisotopic (exact) mass is 199 g/mol. The molecular formula is C10H17NO3. The molecule has 0 aromatic carbocycles. The Balaban J connectivity index is 2.49. The lowest BCUT2D eigenvalue weighted by Crippen LogP contribution is -2.45. The molecule has 1 aliphatic heterocycles. The minimum atomic E-state index is -0.242. The van der Waals surface area contributed by atoms with Crippen LogP contribution in [0.1, 0.15) is 19.3 Å². The van der Waals surface area contributed by atoms with Crippen molar-refractivity contribution in [2.24, 2.45) is 0 Å². The Bertz CT molecular complexity index is 206. The molecular weight excluding hydrogens is 182 g/mol. The Morgan fingerprint density at radius 2 is 2.43 bits per heavy atom. The highest BCUT2D eigenvalue weighted by molar-refractivity contribution is 5.75. The summed E-state index contributed by atoms with van der Waals surface area (Å²) in [5.41, 5.74) is 0. The highest BCUT2D eigenvalue weighted by Crippen LogP contribution is 2.18. The Morgan fingerprint density at radius 3 is 3.07 bits per heavy atom. The molecule has 0 unspecified atom stereocenters. The fraction of sp³-hybridized carbons (Fsp3) is 0.700. The van der Waals surface area contributed by atoms with E-state index in [4.69, 9.17) is 9.57 Å². The molecule has 1 atom stereocenters. The largest absolute Gasteiger partial charge is 0.468 e. The maximum absolute atomic E-state index is 11.4. The molecule has 80 valence electrons. The Morgan fingerprint density at radius 1 is 1.64 bits per heavy atom. The number of hydrogen-bond donors (Lipinski definition) is 0. The highest BCUT2D eigenvalue weighted by atomic mass is 16.7. The first-order valence-corrected chi connectivity index (χ1v) is 4.88. The summed E-state index contributed by atoms with van der Waals surface area (Å²) in [5, 5.41) is 1.71. The van der Waals surface area contributed by atoms with Crippen molar-refractivity contribution < 1.29 is 14.4 Å². The number of piperidine rings is 1. The third-order valence-electron chi connectivity index (χ3n) is 2.29. The number of hydroxylamine groups is 2. The Hall–Kier alpha value is -0.870. The van der Waals surface area contributed by atoms with Crippen LogP contribution in [0.15, 0.2) is 12.7 Å². The van der Waals surface area contributed by atoms with E-state index in [1.807, 2.05) is 0 Å². The van der Waals surface area contributed by atoms with Crippen molar-refractivity contribution in [3.05, 3.63) is 12.7 Å². The van der Waals surface area contributed by atoms with E-state index in [0.717, 1.165) is 25.8 Å². The van der Waals surface area contributed by atoms with E-state index >= 15 is 0 Å². The second-order valence-electron chi connectivity index (χ2n) is 3.26. The quantitative estimate of drug-likeness (QED) is 0.502. The molecule has 4 nitrogen and oxygen atoms in total. The summed E-state index contributed by atoms with van der Waals surface area (Å²) < 4.78 is 4.71. The van der Waals surface area contributed by atoms with Crippen molar-refractivity contribution in [3.8, 4) is 0 Å². The van der Waals surface area contributed by atoms with E-state index in [1.165, 1.54) is 7.11 Å². The Labute approximate surface area is 84.4 Å². The van der Waals surface area contributed by atoms with Gasteiger partial charge in [-0.3, -0.25) is 9.63 Å². The normalized spacial score (nSPS) is 23.1. The average molecular weight is 199 g/mol. The van der Waals surface area contributed by atoms with Gasteiger partial charge < -0.3 is 4.74 Å². The van der Waals surface area contributed by atoms with Crippen LogP contribution >= 0.6 is 0 Å². The van der Waals surface area contributed by atoms with Crippen molar-refractivity contribution in [2.75, 3.05) is 20.3 Å². The SMILES string of the molecule is C=CCON1CCCC[C@@H]1C(=O)OC. The van der Waals surface area contributed by atoms with Crippen LogP contribution in [0.2, 0.25) is 0 Å². The van der Waals surface area contributed by atoms with Gasteiger partial charge in [-0.2, -0.15) is 5.06 Å². The maximum atomic E-state index is 11.4. The molecule has 0 amide bonds. The maximum Gasteiger partial charge on any atom is 0.325 e. The molecule has 0 aliphatic carbocycles. The Kier molecular flexibility index (Phi) is 4.62. The number of carbonyl (C=O) groups is 1. The summed E-state index contributed by atoms with van der Waals surface area (Å²) in [6.45, 7) is 4.79. The number of esters is 1. The number of nitrogens with zero attached hydrogens (tertiary/aromatic N) is 1. The molecule has 14 heavy (non-hydrogen) atoms. The molecule has 1 saturated heterocycles. The van der Waals surface area contributed by atoms with E-state index < -0.39 is 0 Å². The fourth-order valence-corrected chi connectivity index (χ4v) is 1.58. The van der Waals surface area contributed by atoms with Crippen LogP contribution in [0.25, 0.3) is 0 Å². The van der Waals surface area contributed by atoms with Crippen LogP contribution in [0.5, 0.6) is 0 Å². The standard InChI is InChI=1S/C10H17NO3/c1-3-8-14-11-7-5-4-6-9(11)10(12)13-2/h3,9H,1,4-8H2,2H3/t9-/m1/s1. The topological polar surface area (TPSA) is 38.8 Å². The number of rotatable bonds is 4. The fourth-order valence-electron chi connectivity index (χ4n) is 1.58. The second-order valence-corrected chi connectivity index (χ2v) is 3.26. The third kappa shape index (κ3) is 2.82. The summed E-state index contributed by atoms with van der Waals surface area (Å²) in [6, 6.07) is -0.242. The zero-order valence-corrected chi connectivity index (χ0v) is 8.57. The summed E-state index contributed by atoms with van der Waals surface area (Å²) in [6.07, 6.45) is 4.59. The number of hydrogen-bond acceptors (Lipinski definition) is 4. The van der Waals surface area contributed by atoms with E-state index in [9.17, 15) is 4.79 Å². The molecule has 0 N–H and O–H groups in total. The molecule has 1 heterocycles. The van der Waals surface area contributed by atoms with Gasteiger partial charge in [0, 0.05) is 6.54 Å². The van der Waals surface area contributed by atoms with Crippen LogP contribution in [0, 0.1) is 0 Å². The van der Waals surface area contributed by atoms with E-state index in [0.29, 0.717) is 6.61 Å². The summed E-state index contributed by atoms with van der Waals surface area (Å²) in [7, 11) is 1.41. The van der Waals surface area contributed by atoms with Crippen molar-refractivity contribution in [2.45, 2.75) is 25.3 Å². The smallest absolute Gasteiger partial charge is 0.325 e. The third-order valence-corrected chi connectivity index (χ3v) is 2.29. The van der Waals surface area contributed by atoms with Crippen molar-refractivity contribution in [1.82, 2.24) is 5.06 Å². The lowest BCUT2D eigenvalue weighted by molar-refractivity contribution is -0.203. The van der Waals surface area contributed by atoms with Gasteiger partial charge in [-0.15, -0.1) is 6.58 Å². The van der Waals surface area contributed by atoms with Crippen LogP contribution in [-0.4, -0.2) is 37.3 Å². The zero-order chi connectivity index (χ0) is 10.4. The van der Waals surface area contributed by atoms with Crippen LogP contribution < -0.4 is 0 Å². The number of ether oxygens (including phenoxy) is 1. The van der Waals surface area contributed by atoms with Gasteiger partial charge in [0.2, 0.25) is 0 Å². The van der Waals surface area contributed by atoms with Crippen molar-refractivity contribution in [1.29, 1.82) is 0 Å². The zero-order valence-electron chi connectivity index (χ0n) is 8.57. The average Bonchev–Trinajstić information content (AvgIpc) is 2.25. The minimum Gasteiger partial charge on any atom is -0.468 e. The number of carbonyl (C=O) groups excluding carboxylic acids is 1. The van der Waals surface area contributed by atoms with Crippen molar-refractivity contribution >= 4 is 5.97 Å². The van der Waals surface area contributed by atoms with Gasteiger partial charge >= 0.3 is 5.97 Å². The van der Waals surface area contributed by atoms with Gasteiger partial charge in [0.15, 0.2) is 0 Å². The molecule has 1 aliphatic rings. The minimum absolute atomic E-state index is 0.214. The van der Waals surface area contributed by atoms with Gasteiger partial charge in [-0.1, -0.05) is 6.08 Å².